The standard InChI is InChI=1S/C18H31N3O.C7H15NO.C3H8/c1-4-5-10-21(3)12-15-11-16(20-17(15)18(19)22)14-8-6-13(2)7-9-14;1-7(2,3)5-6(9)8-4;1-3-2/h13-14H,4-12H2,1-3H3,(H2,19,22);5H2,1-4H3,(H,8,9);3H2,1-2H3. The number of hydrogen-bond donors (Lipinski definition) is 2. The fourth-order valence-corrected chi connectivity index (χ4v) is 4.16. The first-order valence-corrected chi connectivity index (χ1v) is 13.4. The molecular weight excluding hydrogens is 424 g/mol. The second-order valence-corrected chi connectivity index (χ2v) is 11.3. The van der Waals surface area contributed by atoms with E-state index < -0.39 is 0 Å². The van der Waals surface area contributed by atoms with E-state index in [1.54, 1.807) is 7.05 Å². The number of primary amides is 1. The molecule has 0 aromatic carbocycles. The zero-order valence-corrected chi connectivity index (χ0v) is 23.7. The minimum Gasteiger partial charge on any atom is -0.364 e. The summed E-state index contributed by atoms with van der Waals surface area (Å²) in [5, 5.41) is 2.58. The smallest absolute Gasteiger partial charge is 0.267 e. The van der Waals surface area contributed by atoms with E-state index in [0.717, 1.165) is 31.0 Å². The lowest BCUT2D eigenvalue weighted by Crippen LogP contribution is -2.25. The van der Waals surface area contributed by atoms with Crippen LogP contribution in [0.25, 0.3) is 0 Å². The van der Waals surface area contributed by atoms with Gasteiger partial charge in [0.25, 0.3) is 5.91 Å². The van der Waals surface area contributed by atoms with Crippen molar-refractivity contribution in [3.63, 3.8) is 0 Å². The summed E-state index contributed by atoms with van der Waals surface area (Å²) in [6.45, 7) is 16.8. The van der Waals surface area contributed by atoms with E-state index in [4.69, 9.17) is 5.73 Å². The molecule has 0 bridgehead atoms. The quantitative estimate of drug-likeness (QED) is 0.468. The molecule has 1 fully saturated rings. The summed E-state index contributed by atoms with van der Waals surface area (Å²) in [7, 11) is 3.77. The summed E-state index contributed by atoms with van der Waals surface area (Å²) in [5.74, 6) is 1.14. The molecule has 0 aromatic heterocycles. The van der Waals surface area contributed by atoms with Crippen LogP contribution in [0.4, 0.5) is 0 Å². The van der Waals surface area contributed by atoms with Crippen LogP contribution in [0.1, 0.15) is 106 Å². The van der Waals surface area contributed by atoms with Crippen molar-refractivity contribution >= 4 is 17.5 Å². The van der Waals surface area contributed by atoms with Gasteiger partial charge in [0.15, 0.2) is 0 Å². The molecule has 0 atom stereocenters. The van der Waals surface area contributed by atoms with Crippen molar-refractivity contribution in [3.8, 4) is 0 Å². The number of carbonyl (C=O) groups excluding carboxylic acids is 2. The average Bonchev–Trinajstić information content (AvgIpc) is 3.16. The molecule has 0 aromatic rings. The molecule has 6 heteroatoms. The largest absolute Gasteiger partial charge is 0.364 e. The maximum absolute atomic E-state index is 11.7. The molecule has 0 unspecified atom stereocenters. The highest BCUT2D eigenvalue weighted by Gasteiger charge is 2.29. The van der Waals surface area contributed by atoms with Crippen molar-refractivity contribution in [1.82, 2.24) is 10.2 Å². The van der Waals surface area contributed by atoms with Crippen LogP contribution in [0.5, 0.6) is 0 Å². The number of nitrogens with one attached hydrogen (secondary N) is 1. The lowest BCUT2D eigenvalue weighted by atomic mass is 9.79. The molecule has 0 radical (unpaired) electrons. The highest BCUT2D eigenvalue weighted by molar-refractivity contribution is 6.02. The van der Waals surface area contributed by atoms with Gasteiger partial charge in [0.2, 0.25) is 5.91 Å². The van der Waals surface area contributed by atoms with Crippen molar-refractivity contribution in [2.75, 3.05) is 27.2 Å². The number of nitrogens with zero attached hydrogens (tertiary/aromatic N) is 2. The Balaban J connectivity index is 0.000000759. The van der Waals surface area contributed by atoms with Crippen LogP contribution in [0, 0.1) is 17.3 Å². The van der Waals surface area contributed by atoms with Crippen LogP contribution < -0.4 is 11.1 Å². The molecular formula is C28H54N4O2. The number of amides is 2. The van der Waals surface area contributed by atoms with E-state index in [9.17, 15) is 9.59 Å². The number of likely N-dealkylation sites (N-methyl/N-ethyl adjacent to an activating group) is 1. The van der Waals surface area contributed by atoms with Gasteiger partial charge < -0.3 is 16.0 Å². The lowest BCUT2D eigenvalue weighted by Gasteiger charge is -2.26. The van der Waals surface area contributed by atoms with Crippen molar-refractivity contribution in [2.24, 2.45) is 28.0 Å². The van der Waals surface area contributed by atoms with Crippen molar-refractivity contribution in [1.29, 1.82) is 0 Å². The Morgan fingerprint density at radius 1 is 1.12 bits per heavy atom. The molecule has 6 nitrogen and oxygen atoms in total. The van der Waals surface area contributed by atoms with Crippen molar-refractivity contribution < 1.29 is 9.59 Å². The van der Waals surface area contributed by atoms with Crippen LogP contribution in [0.3, 0.4) is 0 Å². The van der Waals surface area contributed by atoms with E-state index in [0.29, 0.717) is 18.0 Å². The minimum atomic E-state index is -0.363. The number of carbonyl (C=O) groups is 2. The van der Waals surface area contributed by atoms with Gasteiger partial charge in [0.1, 0.15) is 5.70 Å². The first-order valence-electron chi connectivity index (χ1n) is 13.4. The van der Waals surface area contributed by atoms with Gasteiger partial charge in [-0.1, -0.05) is 74.1 Å². The Morgan fingerprint density at radius 2 is 1.68 bits per heavy atom. The van der Waals surface area contributed by atoms with Gasteiger partial charge in [-0.05, 0) is 55.7 Å². The summed E-state index contributed by atoms with van der Waals surface area (Å²) >= 11 is 0. The van der Waals surface area contributed by atoms with Crippen molar-refractivity contribution in [2.45, 2.75) is 106 Å². The summed E-state index contributed by atoms with van der Waals surface area (Å²) in [4.78, 5) is 29.4. The number of aliphatic imine (C=N–C) groups is 1. The molecule has 34 heavy (non-hydrogen) atoms. The summed E-state index contributed by atoms with van der Waals surface area (Å²) < 4.78 is 0. The first kappa shape index (κ1) is 32.3. The molecule has 198 valence electrons. The maximum Gasteiger partial charge on any atom is 0.267 e. The normalized spacial score (nSPS) is 20.1. The topological polar surface area (TPSA) is 87.8 Å². The predicted octanol–water partition coefficient (Wildman–Crippen LogP) is 5.71. The van der Waals surface area contributed by atoms with E-state index in [2.05, 4.69) is 50.0 Å². The van der Waals surface area contributed by atoms with Crippen molar-refractivity contribution in [3.05, 3.63) is 11.3 Å². The van der Waals surface area contributed by atoms with Gasteiger partial charge >= 0.3 is 0 Å². The highest BCUT2D eigenvalue weighted by atomic mass is 16.2. The van der Waals surface area contributed by atoms with E-state index in [-0.39, 0.29) is 17.2 Å². The van der Waals surface area contributed by atoms with Gasteiger partial charge in [-0.3, -0.25) is 14.6 Å². The predicted molar refractivity (Wildman–Crippen MR) is 146 cm³/mol. The maximum atomic E-state index is 11.7. The number of rotatable bonds is 8. The Bertz CT molecular complexity index is 668. The molecule has 0 saturated heterocycles. The van der Waals surface area contributed by atoms with Gasteiger partial charge in [-0.2, -0.15) is 0 Å². The van der Waals surface area contributed by atoms with E-state index in [1.165, 1.54) is 50.7 Å². The van der Waals surface area contributed by atoms with Crippen LogP contribution in [0.15, 0.2) is 16.3 Å². The first-order chi connectivity index (χ1) is 15.9. The van der Waals surface area contributed by atoms with Crippen LogP contribution in [-0.4, -0.2) is 49.6 Å². The third-order valence-electron chi connectivity index (χ3n) is 6.03. The Labute approximate surface area is 210 Å². The molecule has 1 heterocycles. The monoisotopic (exact) mass is 478 g/mol. The van der Waals surface area contributed by atoms with E-state index in [1.807, 2.05) is 20.8 Å². The summed E-state index contributed by atoms with van der Waals surface area (Å²) in [5.41, 5.74) is 8.54. The average molecular weight is 479 g/mol. The van der Waals surface area contributed by atoms with Gasteiger partial charge in [0.05, 0.1) is 0 Å². The molecule has 1 saturated carbocycles. The Kier molecular flexibility index (Phi) is 16.0. The molecule has 0 spiro atoms. The SMILES string of the molecule is CCC.CCCCN(C)CC1=C(C(N)=O)N=C(C2CCC(C)CC2)C1.CNC(=O)CC(C)(C)C. The fraction of sp³-hybridized carbons (Fsp3) is 0.821. The number of unbranched alkanes of at least 4 members (excludes halogenated alkanes) is 1. The highest BCUT2D eigenvalue weighted by Crippen LogP contribution is 2.34. The molecule has 1 aliphatic heterocycles. The van der Waals surface area contributed by atoms with Gasteiger partial charge in [-0.25, -0.2) is 0 Å². The number of nitrogens with two attached hydrogens (primary N) is 1. The second-order valence-electron chi connectivity index (χ2n) is 11.3. The van der Waals surface area contributed by atoms with Crippen LogP contribution >= 0.6 is 0 Å². The molecule has 3 N–H and O–H groups in total. The molecule has 2 aliphatic rings. The third kappa shape index (κ3) is 13.9. The lowest BCUT2D eigenvalue weighted by molar-refractivity contribution is -0.122. The molecule has 2 amide bonds. The van der Waals surface area contributed by atoms with Crippen LogP contribution in [0.2, 0.25) is 0 Å². The zero-order valence-electron chi connectivity index (χ0n) is 23.7. The zero-order chi connectivity index (χ0) is 26.3. The molecule has 1 aliphatic carbocycles. The Hall–Kier alpha value is -1.69. The summed E-state index contributed by atoms with van der Waals surface area (Å²) in [6, 6.07) is 0. The van der Waals surface area contributed by atoms with Gasteiger partial charge in [0, 0.05) is 32.1 Å². The van der Waals surface area contributed by atoms with Gasteiger partial charge in [-0.15, -0.1) is 0 Å². The second kappa shape index (κ2) is 16.9. The minimum absolute atomic E-state index is 0.111. The Morgan fingerprint density at radius 3 is 2.09 bits per heavy atom. The van der Waals surface area contributed by atoms with E-state index >= 15 is 0 Å². The van der Waals surface area contributed by atoms with Crippen LogP contribution in [-0.2, 0) is 9.59 Å². The fourth-order valence-electron chi connectivity index (χ4n) is 4.16. The summed E-state index contributed by atoms with van der Waals surface area (Å²) in [6.07, 6.45) is 10.1. The number of hydrogen-bond acceptors (Lipinski definition) is 4. The third-order valence-corrected chi connectivity index (χ3v) is 6.03. The molecule has 2 rings (SSSR count).